The number of aromatic amines is 1. The van der Waals surface area contributed by atoms with Crippen LogP contribution >= 0.6 is 11.3 Å². The van der Waals surface area contributed by atoms with Crippen molar-refractivity contribution < 1.29 is 13.9 Å². The molecule has 0 radical (unpaired) electrons. The molecule has 0 unspecified atom stereocenters. The van der Waals surface area contributed by atoms with Crippen molar-refractivity contribution in [1.29, 1.82) is 0 Å². The Morgan fingerprint density at radius 2 is 2.29 bits per heavy atom. The first-order chi connectivity index (χ1) is 13.4. The standard InChI is InChI=1S/C21H21FN2O3S/c1-11-6-7-15-16(8-11)28-21-18(15)20(26)23-19(24-21)12(2)27-17(25)10-13-4-3-5-14(22)9-13/h3-5,9,11-12H,6-8,10H2,1-2H3,(H,23,24,26)/t11-,12+/m0/s1. The van der Waals surface area contributed by atoms with Crippen LogP contribution in [0, 0.1) is 11.7 Å². The predicted molar refractivity (Wildman–Crippen MR) is 106 cm³/mol. The molecule has 7 heteroatoms. The Labute approximate surface area is 165 Å². The second-order valence-corrected chi connectivity index (χ2v) is 8.51. The van der Waals surface area contributed by atoms with E-state index in [0.29, 0.717) is 27.5 Å². The van der Waals surface area contributed by atoms with Gasteiger partial charge in [-0.2, -0.15) is 0 Å². The highest BCUT2D eigenvalue weighted by Gasteiger charge is 2.24. The van der Waals surface area contributed by atoms with Gasteiger partial charge in [0.25, 0.3) is 5.56 Å². The van der Waals surface area contributed by atoms with E-state index >= 15 is 0 Å². The van der Waals surface area contributed by atoms with Crippen molar-refractivity contribution in [3.63, 3.8) is 0 Å². The van der Waals surface area contributed by atoms with Crippen LogP contribution < -0.4 is 5.56 Å². The normalized spacial score (nSPS) is 17.3. The van der Waals surface area contributed by atoms with Gasteiger partial charge in [0.2, 0.25) is 0 Å². The van der Waals surface area contributed by atoms with Crippen molar-refractivity contribution in [1.82, 2.24) is 9.97 Å². The summed E-state index contributed by atoms with van der Waals surface area (Å²) in [7, 11) is 0. The van der Waals surface area contributed by atoms with E-state index in [2.05, 4.69) is 16.9 Å². The van der Waals surface area contributed by atoms with E-state index in [1.807, 2.05) is 0 Å². The van der Waals surface area contributed by atoms with Gasteiger partial charge in [-0.1, -0.05) is 19.1 Å². The van der Waals surface area contributed by atoms with E-state index in [1.54, 1.807) is 30.4 Å². The Morgan fingerprint density at radius 3 is 3.07 bits per heavy atom. The van der Waals surface area contributed by atoms with Gasteiger partial charge in [0, 0.05) is 4.88 Å². The molecule has 0 amide bonds. The van der Waals surface area contributed by atoms with Crippen molar-refractivity contribution in [3.8, 4) is 0 Å². The number of fused-ring (bicyclic) bond motifs is 3. The maximum Gasteiger partial charge on any atom is 0.310 e. The van der Waals surface area contributed by atoms with E-state index in [1.165, 1.54) is 17.0 Å². The zero-order chi connectivity index (χ0) is 19.8. The number of thiophene rings is 1. The Bertz CT molecular complexity index is 1100. The minimum Gasteiger partial charge on any atom is -0.454 e. The lowest BCUT2D eigenvalue weighted by Gasteiger charge is -2.17. The van der Waals surface area contributed by atoms with Gasteiger partial charge in [-0.3, -0.25) is 9.59 Å². The number of nitrogens with zero attached hydrogens (tertiary/aromatic N) is 1. The first-order valence-corrected chi connectivity index (χ1v) is 10.2. The number of hydrogen-bond donors (Lipinski definition) is 1. The molecular formula is C21H21FN2O3S. The minimum atomic E-state index is -0.698. The molecule has 0 fully saturated rings. The molecule has 1 N–H and O–H groups in total. The second-order valence-electron chi connectivity index (χ2n) is 7.42. The van der Waals surface area contributed by atoms with Crippen molar-refractivity contribution in [2.24, 2.45) is 5.92 Å². The summed E-state index contributed by atoms with van der Waals surface area (Å²) in [6.45, 7) is 3.89. The molecule has 0 saturated heterocycles. The lowest BCUT2D eigenvalue weighted by Crippen LogP contribution is -2.18. The van der Waals surface area contributed by atoms with E-state index in [9.17, 15) is 14.0 Å². The van der Waals surface area contributed by atoms with Crippen LogP contribution in [0.15, 0.2) is 29.1 Å². The highest BCUT2D eigenvalue weighted by atomic mass is 32.1. The number of ether oxygens (including phenoxy) is 1. The third-order valence-electron chi connectivity index (χ3n) is 5.11. The van der Waals surface area contributed by atoms with Crippen LogP contribution in [0.4, 0.5) is 4.39 Å². The molecule has 0 aliphatic heterocycles. The number of carbonyl (C=O) groups is 1. The van der Waals surface area contributed by atoms with Gasteiger partial charge in [0.15, 0.2) is 11.9 Å². The molecular weight excluding hydrogens is 379 g/mol. The van der Waals surface area contributed by atoms with Gasteiger partial charge in [-0.15, -0.1) is 11.3 Å². The summed E-state index contributed by atoms with van der Waals surface area (Å²) in [6, 6.07) is 5.84. The average molecular weight is 400 g/mol. The van der Waals surface area contributed by atoms with Crippen LogP contribution in [0.2, 0.25) is 0 Å². The molecule has 1 aliphatic carbocycles. The number of esters is 1. The van der Waals surface area contributed by atoms with Gasteiger partial charge in [0.1, 0.15) is 10.6 Å². The number of hydrogen-bond acceptors (Lipinski definition) is 5. The molecule has 3 aromatic rings. The van der Waals surface area contributed by atoms with E-state index < -0.39 is 17.9 Å². The molecule has 1 aromatic carbocycles. The van der Waals surface area contributed by atoms with Crippen LogP contribution in [-0.4, -0.2) is 15.9 Å². The van der Waals surface area contributed by atoms with Crippen molar-refractivity contribution in [2.45, 2.75) is 45.6 Å². The van der Waals surface area contributed by atoms with Gasteiger partial charge >= 0.3 is 5.97 Å². The Kier molecular flexibility index (Phi) is 5.02. The molecule has 2 aromatic heterocycles. The number of aromatic nitrogens is 2. The van der Waals surface area contributed by atoms with Gasteiger partial charge in [-0.25, -0.2) is 9.37 Å². The Balaban J connectivity index is 1.55. The number of benzene rings is 1. The Hall–Kier alpha value is -2.54. The van der Waals surface area contributed by atoms with Gasteiger partial charge < -0.3 is 9.72 Å². The van der Waals surface area contributed by atoms with E-state index in [4.69, 9.17) is 4.74 Å². The molecule has 146 valence electrons. The number of halogens is 1. The molecule has 1 aliphatic rings. The van der Waals surface area contributed by atoms with E-state index in [0.717, 1.165) is 24.8 Å². The number of aryl methyl sites for hydroxylation is 1. The van der Waals surface area contributed by atoms with Gasteiger partial charge in [0.05, 0.1) is 11.8 Å². The van der Waals surface area contributed by atoms with Crippen molar-refractivity contribution in [3.05, 3.63) is 62.3 Å². The molecule has 2 atom stereocenters. The van der Waals surface area contributed by atoms with Crippen molar-refractivity contribution >= 4 is 27.5 Å². The molecule has 28 heavy (non-hydrogen) atoms. The molecule has 4 rings (SSSR count). The van der Waals surface area contributed by atoms with Gasteiger partial charge in [-0.05, 0) is 55.4 Å². The summed E-state index contributed by atoms with van der Waals surface area (Å²) >= 11 is 1.56. The highest BCUT2D eigenvalue weighted by molar-refractivity contribution is 7.18. The monoisotopic (exact) mass is 400 g/mol. The number of nitrogens with one attached hydrogen (secondary N) is 1. The topological polar surface area (TPSA) is 72.0 Å². The summed E-state index contributed by atoms with van der Waals surface area (Å²) in [4.78, 5) is 34.1. The predicted octanol–water partition coefficient (Wildman–Crippen LogP) is 4.10. The first kappa shape index (κ1) is 18.8. The zero-order valence-corrected chi connectivity index (χ0v) is 16.6. The van der Waals surface area contributed by atoms with Crippen LogP contribution in [0.3, 0.4) is 0 Å². The zero-order valence-electron chi connectivity index (χ0n) is 15.8. The Morgan fingerprint density at radius 1 is 1.46 bits per heavy atom. The largest absolute Gasteiger partial charge is 0.454 e. The molecule has 0 bridgehead atoms. The SMILES string of the molecule is C[C@H]1CCc2c(sc3nc([C@@H](C)OC(=O)Cc4cccc(F)c4)[nH]c(=O)c23)C1. The first-order valence-electron chi connectivity index (χ1n) is 9.39. The fraction of sp³-hybridized carbons (Fsp3) is 0.381. The molecule has 0 spiro atoms. The van der Waals surface area contributed by atoms with Crippen LogP contribution in [0.1, 0.15) is 48.2 Å². The van der Waals surface area contributed by atoms with Crippen LogP contribution in [0.25, 0.3) is 10.2 Å². The fourth-order valence-electron chi connectivity index (χ4n) is 3.67. The summed E-state index contributed by atoms with van der Waals surface area (Å²) in [5, 5.41) is 0.675. The maximum atomic E-state index is 13.3. The fourth-order valence-corrected chi connectivity index (χ4v) is 5.06. The smallest absolute Gasteiger partial charge is 0.310 e. The summed E-state index contributed by atoms with van der Waals surface area (Å²) in [5.74, 6) is 0.0458. The third kappa shape index (κ3) is 3.71. The molecule has 0 saturated carbocycles. The minimum absolute atomic E-state index is 0.0419. The lowest BCUT2D eigenvalue weighted by molar-refractivity contribution is -0.148. The quantitative estimate of drug-likeness (QED) is 0.670. The van der Waals surface area contributed by atoms with E-state index in [-0.39, 0.29) is 12.0 Å². The average Bonchev–Trinajstić information content (AvgIpc) is 2.99. The van der Waals surface area contributed by atoms with Crippen molar-refractivity contribution in [2.75, 3.05) is 0 Å². The third-order valence-corrected chi connectivity index (χ3v) is 6.26. The highest BCUT2D eigenvalue weighted by Crippen LogP contribution is 2.35. The summed E-state index contributed by atoms with van der Waals surface area (Å²) in [6.07, 6.45) is 2.21. The summed E-state index contributed by atoms with van der Waals surface area (Å²) in [5.41, 5.74) is 1.48. The number of carbonyl (C=O) groups excluding carboxylic acids is 1. The second kappa shape index (κ2) is 7.47. The van der Waals surface area contributed by atoms with Crippen LogP contribution in [0.5, 0.6) is 0 Å². The number of H-pyrrole nitrogens is 1. The maximum absolute atomic E-state index is 13.3. The van der Waals surface area contributed by atoms with Crippen LogP contribution in [-0.2, 0) is 28.8 Å². The molecule has 5 nitrogen and oxygen atoms in total. The number of rotatable bonds is 4. The molecule has 2 heterocycles. The summed E-state index contributed by atoms with van der Waals surface area (Å²) < 4.78 is 18.7. The lowest BCUT2D eigenvalue weighted by atomic mass is 9.89.